The highest BCUT2D eigenvalue weighted by molar-refractivity contribution is 7.85. The molecule has 1 rings (SSSR count). The summed E-state index contributed by atoms with van der Waals surface area (Å²) >= 11 is 0. The zero-order valence-corrected chi connectivity index (χ0v) is 12.8. The van der Waals surface area contributed by atoms with Crippen LogP contribution in [0.2, 0.25) is 0 Å². The number of rotatable bonds is 7. The summed E-state index contributed by atoms with van der Waals surface area (Å²) in [7, 11) is -0.859. The van der Waals surface area contributed by atoms with Crippen molar-refractivity contribution in [2.75, 3.05) is 18.8 Å². The van der Waals surface area contributed by atoms with E-state index in [9.17, 15) is 4.21 Å². The highest BCUT2D eigenvalue weighted by Gasteiger charge is 2.07. The van der Waals surface area contributed by atoms with Gasteiger partial charge in [-0.15, -0.1) is 0 Å². The Bertz CT molecular complexity index is 401. The Balaban J connectivity index is 2.39. The van der Waals surface area contributed by atoms with Gasteiger partial charge in [0.1, 0.15) is 0 Å². The van der Waals surface area contributed by atoms with E-state index in [0.29, 0.717) is 5.92 Å². The van der Waals surface area contributed by atoms with Crippen molar-refractivity contribution in [2.45, 2.75) is 39.0 Å². The van der Waals surface area contributed by atoms with Gasteiger partial charge in [-0.2, -0.15) is 0 Å². The minimum atomic E-state index is -0.859. The van der Waals surface area contributed by atoms with Crippen LogP contribution in [0.5, 0.6) is 0 Å². The van der Waals surface area contributed by atoms with Crippen LogP contribution in [0.4, 0.5) is 0 Å². The van der Waals surface area contributed by atoms with Crippen molar-refractivity contribution in [3.8, 4) is 0 Å². The third kappa shape index (κ3) is 5.32. The molecule has 0 fully saturated rings. The molecule has 0 heterocycles. The fraction of sp³-hybridized carbons (Fsp3) is 0.600. The Morgan fingerprint density at radius 2 is 2.00 bits per heavy atom. The molecule has 1 N–H and O–H groups in total. The minimum Gasteiger partial charge on any atom is -0.316 e. The smallest absolute Gasteiger partial charge is 0.0532 e. The Labute approximate surface area is 114 Å². The third-order valence-corrected chi connectivity index (χ3v) is 4.41. The number of benzene rings is 1. The second-order valence-corrected chi connectivity index (χ2v) is 6.81. The monoisotopic (exact) mass is 267 g/mol. The van der Waals surface area contributed by atoms with E-state index in [2.05, 4.69) is 31.3 Å². The first-order chi connectivity index (χ1) is 8.50. The van der Waals surface area contributed by atoms with Crippen LogP contribution in [0, 0.1) is 19.8 Å². The average molecular weight is 267 g/mol. The van der Waals surface area contributed by atoms with Crippen molar-refractivity contribution in [3.05, 3.63) is 29.3 Å². The quantitative estimate of drug-likeness (QED) is 0.769. The lowest BCUT2D eigenvalue weighted by atomic mass is 10.2. The molecule has 0 saturated carbocycles. The summed E-state index contributed by atoms with van der Waals surface area (Å²) < 4.78 is 12.2. The van der Waals surface area contributed by atoms with Crippen LogP contribution < -0.4 is 5.32 Å². The predicted octanol–water partition coefficient (Wildman–Crippen LogP) is 3.05. The zero-order chi connectivity index (χ0) is 13.5. The summed E-state index contributed by atoms with van der Waals surface area (Å²) in [6.07, 6.45) is 0.965. The van der Waals surface area contributed by atoms with Gasteiger partial charge < -0.3 is 5.32 Å². The van der Waals surface area contributed by atoms with Crippen molar-refractivity contribution in [3.63, 3.8) is 0 Å². The molecule has 0 radical (unpaired) electrons. The van der Waals surface area contributed by atoms with Gasteiger partial charge in [0.2, 0.25) is 0 Å². The standard InChI is InChI=1S/C15H25NOS/c1-12(2)11-16-8-5-9-18(17)15-10-13(3)6-7-14(15)4/h6-7,10,12,16H,5,8-9,11H2,1-4H3. The van der Waals surface area contributed by atoms with Gasteiger partial charge in [-0.25, -0.2) is 0 Å². The summed E-state index contributed by atoms with van der Waals surface area (Å²) in [5, 5.41) is 3.38. The molecule has 2 nitrogen and oxygen atoms in total. The van der Waals surface area contributed by atoms with E-state index in [1.54, 1.807) is 0 Å². The molecule has 0 saturated heterocycles. The van der Waals surface area contributed by atoms with E-state index in [-0.39, 0.29) is 0 Å². The maximum absolute atomic E-state index is 12.2. The molecular formula is C15H25NOS. The molecule has 1 aromatic rings. The minimum absolute atomic E-state index is 0.675. The molecule has 102 valence electrons. The van der Waals surface area contributed by atoms with Crippen molar-refractivity contribution < 1.29 is 4.21 Å². The Kier molecular flexibility index (Phi) is 6.58. The molecule has 0 aliphatic heterocycles. The van der Waals surface area contributed by atoms with Crippen LogP contribution in [0.1, 0.15) is 31.4 Å². The summed E-state index contributed by atoms with van der Waals surface area (Å²) in [4.78, 5) is 0.999. The van der Waals surface area contributed by atoms with Crippen LogP contribution in [0.15, 0.2) is 23.1 Å². The first kappa shape index (κ1) is 15.4. The molecule has 0 bridgehead atoms. The van der Waals surface area contributed by atoms with Crippen LogP contribution in [0.3, 0.4) is 0 Å². The lowest BCUT2D eigenvalue weighted by Gasteiger charge is -2.09. The van der Waals surface area contributed by atoms with Crippen molar-refractivity contribution in [1.82, 2.24) is 5.32 Å². The average Bonchev–Trinajstić information content (AvgIpc) is 2.31. The van der Waals surface area contributed by atoms with Gasteiger partial charge in [0.15, 0.2) is 0 Å². The van der Waals surface area contributed by atoms with Gasteiger partial charge >= 0.3 is 0 Å². The molecule has 0 amide bonds. The fourth-order valence-electron chi connectivity index (χ4n) is 1.78. The highest BCUT2D eigenvalue weighted by atomic mass is 32.2. The van der Waals surface area contributed by atoms with Gasteiger partial charge in [0, 0.05) is 10.6 Å². The van der Waals surface area contributed by atoms with Gasteiger partial charge in [0.05, 0.1) is 10.8 Å². The second-order valence-electron chi connectivity index (χ2n) is 5.27. The van der Waals surface area contributed by atoms with E-state index < -0.39 is 10.8 Å². The molecular weight excluding hydrogens is 242 g/mol. The normalized spacial score (nSPS) is 12.9. The SMILES string of the molecule is Cc1ccc(C)c(S(=O)CCCNCC(C)C)c1. The molecule has 0 aliphatic rings. The molecule has 0 spiro atoms. The van der Waals surface area contributed by atoms with Gasteiger partial charge in [-0.05, 0) is 56.5 Å². The van der Waals surface area contributed by atoms with Crippen LogP contribution in [-0.4, -0.2) is 23.1 Å². The molecule has 1 unspecified atom stereocenters. The van der Waals surface area contributed by atoms with Crippen LogP contribution >= 0.6 is 0 Å². The predicted molar refractivity (Wildman–Crippen MR) is 79.5 cm³/mol. The maximum Gasteiger partial charge on any atom is 0.0532 e. The van der Waals surface area contributed by atoms with E-state index in [1.807, 2.05) is 19.9 Å². The van der Waals surface area contributed by atoms with E-state index >= 15 is 0 Å². The molecule has 0 aromatic heterocycles. The van der Waals surface area contributed by atoms with E-state index in [1.165, 1.54) is 5.56 Å². The molecule has 1 aromatic carbocycles. The summed E-state index contributed by atoms with van der Waals surface area (Å²) in [5.41, 5.74) is 2.32. The summed E-state index contributed by atoms with van der Waals surface area (Å²) in [5.74, 6) is 1.42. The summed E-state index contributed by atoms with van der Waals surface area (Å²) in [6, 6.07) is 6.17. The fourth-order valence-corrected chi connectivity index (χ4v) is 3.15. The topological polar surface area (TPSA) is 29.1 Å². The van der Waals surface area contributed by atoms with Gasteiger partial charge in [0.25, 0.3) is 0 Å². The van der Waals surface area contributed by atoms with Crippen molar-refractivity contribution in [2.24, 2.45) is 5.92 Å². The molecule has 3 heteroatoms. The van der Waals surface area contributed by atoms with E-state index in [4.69, 9.17) is 0 Å². The van der Waals surface area contributed by atoms with Gasteiger partial charge in [-0.1, -0.05) is 26.0 Å². The number of hydrogen-bond donors (Lipinski definition) is 1. The highest BCUT2D eigenvalue weighted by Crippen LogP contribution is 2.15. The Hall–Kier alpha value is -0.670. The molecule has 18 heavy (non-hydrogen) atoms. The van der Waals surface area contributed by atoms with Crippen molar-refractivity contribution >= 4 is 10.8 Å². The Morgan fingerprint density at radius 3 is 2.67 bits per heavy atom. The lowest BCUT2D eigenvalue weighted by Crippen LogP contribution is -2.22. The van der Waals surface area contributed by atoms with Gasteiger partial charge in [-0.3, -0.25) is 4.21 Å². The van der Waals surface area contributed by atoms with Crippen LogP contribution in [-0.2, 0) is 10.8 Å². The largest absolute Gasteiger partial charge is 0.316 e. The zero-order valence-electron chi connectivity index (χ0n) is 12.0. The van der Waals surface area contributed by atoms with E-state index in [0.717, 1.165) is 35.7 Å². The first-order valence-electron chi connectivity index (χ1n) is 6.67. The second kappa shape index (κ2) is 7.70. The number of nitrogens with one attached hydrogen (secondary N) is 1. The molecule has 1 atom stereocenters. The molecule has 0 aliphatic carbocycles. The van der Waals surface area contributed by atoms with Crippen molar-refractivity contribution in [1.29, 1.82) is 0 Å². The van der Waals surface area contributed by atoms with Crippen LogP contribution in [0.25, 0.3) is 0 Å². The third-order valence-electron chi connectivity index (χ3n) is 2.82. The first-order valence-corrected chi connectivity index (χ1v) is 7.99. The maximum atomic E-state index is 12.2. The summed E-state index contributed by atoms with van der Waals surface area (Å²) in [6.45, 7) is 10.5. The number of aryl methyl sites for hydroxylation is 2. The number of hydrogen-bond acceptors (Lipinski definition) is 2. The Morgan fingerprint density at radius 1 is 1.28 bits per heavy atom. The lowest BCUT2D eigenvalue weighted by molar-refractivity contribution is 0.550.